The molecule has 0 bridgehead atoms. The van der Waals surface area contributed by atoms with Crippen LogP contribution >= 0.6 is 0 Å². The van der Waals surface area contributed by atoms with E-state index in [0.717, 1.165) is 5.69 Å². The smallest absolute Gasteiger partial charge is 0.308 e. The zero-order valence-electron chi connectivity index (χ0n) is 21.5. The molecule has 0 aliphatic carbocycles. The standard InChI is InChI=1S/C25H41NO10/c1-3-35-25(28)8-9-29-10-11-30-12-13-31-14-15-32-16-17-33-18-19-34-20-21-36-24-6-4-23(5-7-24)26-22(2)27/h4-7H,3,8-21H2,1-2H3,(H,26,27). The average Bonchev–Trinajstić information content (AvgIpc) is 2.85. The molecule has 0 heterocycles. The fraction of sp³-hybridized carbons (Fsp3) is 0.680. The van der Waals surface area contributed by atoms with Crippen molar-refractivity contribution >= 4 is 17.6 Å². The maximum Gasteiger partial charge on any atom is 0.308 e. The zero-order chi connectivity index (χ0) is 26.1. The second-order valence-corrected chi connectivity index (χ2v) is 7.28. The maximum atomic E-state index is 11.1. The van der Waals surface area contributed by atoms with Crippen LogP contribution in [0.25, 0.3) is 0 Å². The van der Waals surface area contributed by atoms with Crippen molar-refractivity contribution in [3.05, 3.63) is 24.3 Å². The molecule has 11 nitrogen and oxygen atoms in total. The van der Waals surface area contributed by atoms with E-state index in [1.54, 1.807) is 31.2 Å². The number of anilines is 1. The van der Waals surface area contributed by atoms with Crippen LogP contribution in [0.1, 0.15) is 20.3 Å². The Kier molecular flexibility index (Phi) is 20.4. The lowest BCUT2D eigenvalue weighted by Gasteiger charge is -2.09. The van der Waals surface area contributed by atoms with Crippen LogP contribution in [0.5, 0.6) is 5.75 Å². The minimum atomic E-state index is -0.252. The normalized spacial score (nSPS) is 10.8. The van der Waals surface area contributed by atoms with Gasteiger partial charge in [-0.2, -0.15) is 0 Å². The molecule has 0 fully saturated rings. The number of amides is 1. The molecule has 0 unspecified atom stereocenters. The Hall–Kier alpha value is -2.28. The molecule has 0 aromatic heterocycles. The van der Waals surface area contributed by atoms with Crippen LogP contribution in [-0.2, 0) is 42.7 Å². The van der Waals surface area contributed by atoms with E-state index in [0.29, 0.717) is 98.2 Å². The van der Waals surface area contributed by atoms with Crippen molar-refractivity contribution in [2.75, 3.05) is 97.8 Å². The second kappa shape index (κ2) is 23.1. The van der Waals surface area contributed by atoms with Crippen LogP contribution in [0.15, 0.2) is 24.3 Å². The molecule has 206 valence electrons. The first-order valence-electron chi connectivity index (χ1n) is 12.2. The fourth-order valence-corrected chi connectivity index (χ4v) is 2.65. The van der Waals surface area contributed by atoms with Gasteiger partial charge in [0.15, 0.2) is 0 Å². The Morgan fingerprint density at radius 2 is 1.06 bits per heavy atom. The van der Waals surface area contributed by atoms with Crippen LogP contribution in [0.4, 0.5) is 5.69 Å². The van der Waals surface area contributed by atoms with E-state index >= 15 is 0 Å². The van der Waals surface area contributed by atoms with Gasteiger partial charge in [0.05, 0.1) is 92.3 Å². The van der Waals surface area contributed by atoms with Crippen molar-refractivity contribution in [3.63, 3.8) is 0 Å². The number of carbonyl (C=O) groups excluding carboxylic acids is 2. The quantitative estimate of drug-likeness (QED) is 0.162. The summed E-state index contributed by atoms with van der Waals surface area (Å²) >= 11 is 0. The molecule has 1 aromatic carbocycles. The highest BCUT2D eigenvalue weighted by Crippen LogP contribution is 2.15. The summed E-state index contributed by atoms with van der Waals surface area (Å²) in [5.41, 5.74) is 0.730. The Balaban J connectivity index is 1.74. The Morgan fingerprint density at radius 1 is 0.639 bits per heavy atom. The number of hydrogen-bond acceptors (Lipinski definition) is 10. The number of rotatable bonds is 24. The molecule has 1 rings (SSSR count). The number of carbonyl (C=O) groups is 2. The van der Waals surface area contributed by atoms with E-state index in [4.69, 9.17) is 37.9 Å². The minimum absolute atomic E-state index is 0.109. The second-order valence-electron chi connectivity index (χ2n) is 7.28. The molecule has 0 spiro atoms. The Labute approximate surface area is 213 Å². The largest absolute Gasteiger partial charge is 0.491 e. The Bertz CT molecular complexity index is 671. The molecule has 0 saturated heterocycles. The zero-order valence-corrected chi connectivity index (χ0v) is 21.5. The summed E-state index contributed by atoms with van der Waals surface area (Å²) in [6.07, 6.45) is 0.255. The summed E-state index contributed by atoms with van der Waals surface area (Å²) in [5.74, 6) is 0.353. The van der Waals surface area contributed by atoms with Crippen molar-refractivity contribution in [1.29, 1.82) is 0 Å². The predicted molar refractivity (Wildman–Crippen MR) is 132 cm³/mol. The molecule has 36 heavy (non-hydrogen) atoms. The van der Waals surface area contributed by atoms with E-state index in [1.807, 2.05) is 0 Å². The van der Waals surface area contributed by atoms with Gasteiger partial charge in [0.25, 0.3) is 0 Å². The van der Waals surface area contributed by atoms with Crippen LogP contribution in [0.3, 0.4) is 0 Å². The van der Waals surface area contributed by atoms with Gasteiger partial charge in [-0.05, 0) is 31.2 Å². The molecule has 1 aromatic rings. The van der Waals surface area contributed by atoms with Gasteiger partial charge in [0.1, 0.15) is 12.4 Å². The van der Waals surface area contributed by atoms with Gasteiger partial charge < -0.3 is 43.2 Å². The number of nitrogens with one attached hydrogen (secondary N) is 1. The third-order valence-electron chi connectivity index (χ3n) is 4.29. The topological polar surface area (TPSA) is 120 Å². The highest BCUT2D eigenvalue weighted by molar-refractivity contribution is 5.88. The van der Waals surface area contributed by atoms with E-state index in [-0.39, 0.29) is 18.3 Å². The molecule has 0 atom stereocenters. The van der Waals surface area contributed by atoms with Crippen molar-refractivity contribution < 1.29 is 47.5 Å². The number of hydrogen-bond donors (Lipinski definition) is 1. The highest BCUT2D eigenvalue weighted by atomic mass is 16.6. The molecular formula is C25H41NO10. The van der Waals surface area contributed by atoms with Crippen LogP contribution in [0.2, 0.25) is 0 Å². The molecule has 0 aliphatic rings. The SMILES string of the molecule is CCOC(=O)CCOCCOCCOCCOCCOCCOCCOc1ccc(NC(C)=O)cc1. The summed E-state index contributed by atoms with van der Waals surface area (Å²) in [5, 5.41) is 2.70. The summed E-state index contributed by atoms with van der Waals surface area (Å²) in [6.45, 7) is 9.57. The predicted octanol–water partition coefficient (Wildman–Crippen LogP) is 2.08. The number of esters is 1. The van der Waals surface area contributed by atoms with Crippen LogP contribution < -0.4 is 10.1 Å². The lowest BCUT2D eigenvalue weighted by Crippen LogP contribution is -2.15. The molecular weight excluding hydrogens is 474 g/mol. The van der Waals surface area contributed by atoms with Gasteiger partial charge in [-0.15, -0.1) is 0 Å². The first-order chi connectivity index (χ1) is 17.6. The van der Waals surface area contributed by atoms with E-state index in [2.05, 4.69) is 5.32 Å². The maximum absolute atomic E-state index is 11.1. The van der Waals surface area contributed by atoms with Crippen molar-refractivity contribution in [2.45, 2.75) is 20.3 Å². The van der Waals surface area contributed by atoms with Crippen molar-refractivity contribution in [3.8, 4) is 5.75 Å². The van der Waals surface area contributed by atoms with E-state index < -0.39 is 0 Å². The molecule has 1 N–H and O–H groups in total. The van der Waals surface area contributed by atoms with Crippen LogP contribution in [-0.4, -0.2) is 104 Å². The van der Waals surface area contributed by atoms with Gasteiger partial charge in [0, 0.05) is 12.6 Å². The number of ether oxygens (including phenoxy) is 8. The lowest BCUT2D eigenvalue weighted by molar-refractivity contribution is -0.144. The third-order valence-corrected chi connectivity index (χ3v) is 4.29. The monoisotopic (exact) mass is 515 g/mol. The fourth-order valence-electron chi connectivity index (χ4n) is 2.65. The molecule has 0 radical (unpaired) electrons. The summed E-state index contributed by atoms with van der Waals surface area (Å²) < 4.78 is 42.8. The van der Waals surface area contributed by atoms with Crippen molar-refractivity contribution in [1.82, 2.24) is 0 Å². The van der Waals surface area contributed by atoms with Crippen molar-refractivity contribution in [2.24, 2.45) is 0 Å². The van der Waals surface area contributed by atoms with Gasteiger partial charge in [-0.3, -0.25) is 9.59 Å². The van der Waals surface area contributed by atoms with Gasteiger partial charge in [0.2, 0.25) is 5.91 Å². The molecule has 11 heteroatoms. The first kappa shape index (κ1) is 31.7. The van der Waals surface area contributed by atoms with E-state index in [9.17, 15) is 9.59 Å². The van der Waals surface area contributed by atoms with Gasteiger partial charge in [-0.25, -0.2) is 0 Å². The van der Waals surface area contributed by atoms with Gasteiger partial charge in [-0.1, -0.05) is 0 Å². The molecule has 0 aliphatic heterocycles. The van der Waals surface area contributed by atoms with Crippen LogP contribution in [0, 0.1) is 0 Å². The average molecular weight is 516 g/mol. The lowest BCUT2D eigenvalue weighted by atomic mass is 10.3. The Morgan fingerprint density at radius 3 is 1.47 bits per heavy atom. The highest BCUT2D eigenvalue weighted by Gasteiger charge is 2.01. The summed E-state index contributed by atoms with van der Waals surface area (Å²) in [4.78, 5) is 22.1. The minimum Gasteiger partial charge on any atom is -0.491 e. The summed E-state index contributed by atoms with van der Waals surface area (Å²) in [6, 6.07) is 7.16. The van der Waals surface area contributed by atoms with E-state index in [1.165, 1.54) is 6.92 Å². The number of benzene rings is 1. The molecule has 1 amide bonds. The molecule has 0 saturated carbocycles. The first-order valence-corrected chi connectivity index (χ1v) is 12.2. The third kappa shape index (κ3) is 20.0. The van der Waals surface area contributed by atoms with Gasteiger partial charge >= 0.3 is 5.97 Å². The summed E-state index contributed by atoms with van der Waals surface area (Å²) in [7, 11) is 0.